The molecular formula is C21H29N5O4S. The maximum absolute atomic E-state index is 12.7. The fourth-order valence-corrected chi connectivity index (χ4v) is 4.28. The first-order valence-electron chi connectivity index (χ1n) is 10.8. The SMILES string of the molecule is CCOc1cc(N2CCOCC2)c(OCC)cc1NC(=O)CSc1nncn1C1CC1. The molecule has 0 spiro atoms. The number of hydrogen-bond acceptors (Lipinski definition) is 8. The molecule has 4 rings (SSSR count). The molecule has 2 aromatic rings. The van der Waals surface area contributed by atoms with E-state index in [1.165, 1.54) is 11.8 Å². The summed E-state index contributed by atoms with van der Waals surface area (Å²) in [4.78, 5) is 14.9. The van der Waals surface area contributed by atoms with Gasteiger partial charge in [-0.05, 0) is 26.7 Å². The third-order valence-corrected chi connectivity index (χ3v) is 6.06. The molecule has 0 bridgehead atoms. The number of morpholine rings is 1. The first-order valence-corrected chi connectivity index (χ1v) is 11.8. The molecule has 1 N–H and O–H groups in total. The van der Waals surface area contributed by atoms with Crippen molar-refractivity contribution in [2.75, 3.05) is 55.5 Å². The van der Waals surface area contributed by atoms with Crippen molar-refractivity contribution in [1.82, 2.24) is 14.8 Å². The number of carbonyl (C=O) groups excluding carboxylic acids is 1. The third-order valence-electron chi connectivity index (χ3n) is 5.10. The molecule has 0 radical (unpaired) electrons. The summed E-state index contributed by atoms with van der Waals surface area (Å²) in [5.74, 6) is 1.47. The number of thioether (sulfide) groups is 1. The predicted octanol–water partition coefficient (Wildman–Crippen LogP) is 2.98. The lowest BCUT2D eigenvalue weighted by molar-refractivity contribution is -0.113. The average Bonchev–Trinajstić information content (AvgIpc) is 3.52. The van der Waals surface area contributed by atoms with E-state index in [0.717, 1.165) is 42.5 Å². The summed E-state index contributed by atoms with van der Waals surface area (Å²) < 4.78 is 19.3. The lowest BCUT2D eigenvalue weighted by atomic mass is 10.2. The molecule has 168 valence electrons. The summed E-state index contributed by atoms with van der Waals surface area (Å²) in [6, 6.07) is 4.28. The van der Waals surface area contributed by atoms with Crippen LogP contribution in [0.3, 0.4) is 0 Å². The molecule has 9 nitrogen and oxygen atoms in total. The summed E-state index contributed by atoms with van der Waals surface area (Å²) in [5.41, 5.74) is 1.56. The lowest BCUT2D eigenvalue weighted by Gasteiger charge is -2.31. The molecular weight excluding hydrogens is 418 g/mol. The zero-order valence-corrected chi connectivity index (χ0v) is 18.8. The van der Waals surface area contributed by atoms with Crippen molar-refractivity contribution >= 4 is 29.0 Å². The van der Waals surface area contributed by atoms with E-state index in [2.05, 4.69) is 20.4 Å². The van der Waals surface area contributed by atoms with Crippen LogP contribution in [0.4, 0.5) is 11.4 Å². The number of amides is 1. The number of nitrogens with one attached hydrogen (secondary N) is 1. The fraction of sp³-hybridized carbons (Fsp3) is 0.571. The van der Waals surface area contributed by atoms with Crippen molar-refractivity contribution in [1.29, 1.82) is 0 Å². The summed E-state index contributed by atoms with van der Waals surface area (Å²) in [7, 11) is 0. The van der Waals surface area contributed by atoms with Crippen LogP contribution in [0.15, 0.2) is 23.6 Å². The number of anilines is 2. The normalized spacial score (nSPS) is 16.3. The van der Waals surface area contributed by atoms with E-state index in [1.807, 2.05) is 30.5 Å². The van der Waals surface area contributed by atoms with Crippen LogP contribution in [0, 0.1) is 0 Å². The Hall–Kier alpha value is -2.46. The van der Waals surface area contributed by atoms with Crippen LogP contribution in [-0.2, 0) is 9.53 Å². The highest BCUT2D eigenvalue weighted by atomic mass is 32.2. The second-order valence-electron chi connectivity index (χ2n) is 7.37. The van der Waals surface area contributed by atoms with Crippen molar-refractivity contribution in [3.8, 4) is 11.5 Å². The summed E-state index contributed by atoms with van der Waals surface area (Å²) in [6.07, 6.45) is 4.03. The highest BCUT2D eigenvalue weighted by Gasteiger charge is 2.26. The molecule has 10 heteroatoms. The number of benzene rings is 1. The van der Waals surface area contributed by atoms with E-state index in [1.54, 1.807) is 6.33 Å². The van der Waals surface area contributed by atoms with Crippen molar-refractivity contribution in [2.24, 2.45) is 0 Å². The number of nitrogens with zero attached hydrogens (tertiary/aromatic N) is 4. The minimum atomic E-state index is -0.127. The number of carbonyl (C=O) groups is 1. The Morgan fingerprint density at radius 1 is 1.19 bits per heavy atom. The van der Waals surface area contributed by atoms with Crippen LogP contribution in [0.2, 0.25) is 0 Å². The van der Waals surface area contributed by atoms with Crippen LogP contribution < -0.4 is 19.7 Å². The first-order chi connectivity index (χ1) is 15.2. The molecule has 2 aliphatic rings. The Labute approximate surface area is 186 Å². The molecule has 1 amide bonds. The number of aromatic nitrogens is 3. The van der Waals surface area contributed by atoms with Gasteiger partial charge in [-0.1, -0.05) is 11.8 Å². The molecule has 1 saturated carbocycles. The topological polar surface area (TPSA) is 90.7 Å². The zero-order valence-electron chi connectivity index (χ0n) is 18.0. The van der Waals surface area contributed by atoms with Crippen molar-refractivity contribution < 1.29 is 19.0 Å². The van der Waals surface area contributed by atoms with Gasteiger partial charge in [-0.2, -0.15) is 0 Å². The Morgan fingerprint density at radius 2 is 1.94 bits per heavy atom. The quantitative estimate of drug-likeness (QED) is 0.556. The maximum Gasteiger partial charge on any atom is 0.234 e. The second-order valence-corrected chi connectivity index (χ2v) is 8.31. The third kappa shape index (κ3) is 5.43. The predicted molar refractivity (Wildman–Crippen MR) is 119 cm³/mol. The maximum atomic E-state index is 12.7. The highest BCUT2D eigenvalue weighted by Crippen LogP contribution is 2.40. The summed E-state index contributed by atoms with van der Waals surface area (Å²) in [6.45, 7) is 7.84. The smallest absolute Gasteiger partial charge is 0.234 e. The van der Waals surface area contributed by atoms with Crippen molar-refractivity contribution in [2.45, 2.75) is 37.9 Å². The van der Waals surface area contributed by atoms with E-state index < -0.39 is 0 Å². The standard InChI is InChI=1S/C21H29N5O4S/c1-3-29-18-12-17(25-7-9-28-10-8-25)19(30-4-2)11-16(18)23-20(27)13-31-21-24-22-14-26(21)15-5-6-15/h11-12,14-15H,3-10,13H2,1-2H3,(H,23,27). The highest BCUT2D eigenvalue weighted by molar-refractivity contribution is 7.99. The van der Waals surface area contributed by atoms with Gasteiger partial charge in [0.05, 0.1) is 43.6 Å². The van der Waals surface area contributed by atoms with E-state index in [0.29, 0.717) is 43.9 Å². The monoisotopic (exact) mass is 447 g/mol. The van der Waals surface area contributed by atoms with Gasteiger partial charge in [0.25, 0.3) is 0 Å². The average molecular weight is 448 g/mol. The van der Waals surface area contributed by atoms with Crippen LogP contribution in [0.5, 0.6) is 11.5 Å². The van der Waals surface area contributed by atoms with Crippen molar-refractivity contribution in [3.05, 3.63) is 18.5 Å². The van der Waals surface area contributed by atoms with E-state index in [4.69, 9.17) is 14.2 Å². The molecule has 31 heavy (non-hydrogen) atoms. The molecule has 2 fully saturated rings. The molecule has 1 aromatic heterocycles. The van der Waals surface area contributed by atoms with Gasteiger partial charge < -0.3 is 29.0 Å². The Bertz CT molecular complexity index is 896. The van der Waals surface area contributed by atoms with Gasteiger partial charge >= 0.3 is 0 Å². The molecule has 1 saturated heterocycles. The van der Waals surface area contributed by atoms with E-state index in [-0.39, 0.29) is 11.7 Å². The van der Waals surface area contributed by atoms with Crippen LogP contribution in [0.1, 0.15) is 32.7 Å². The van der Waals surface area contributed by atoms with Gasteiger partial charge in [-0.15, -0.1) is 10.2 Å². The summed E-state index contributed by atoms with van der Waals surface area (Å²) in [5, 5.41) is 11.9. The van der Waals surface area contributed by atoms with Gasteiger partial charge in [0.2, 0.25) is 5.91 Å². The first kappa shape index (κ1) is 21.8. The Kier molecular flexibility index (Phi) is 7.18. The number of ether oxygens (including phenoxy) is 3. The van der Waals surface area contributed by atoms with Crippen LogP contribution in [0.25, 0.3) is 0 Å². The largest absolute Gasteiger partial charge is 0.492 e. The van der Waals surface area contributed by atoms with Gasteiger partial charge in [-0.25, -0.2) is 0 Å². The number of hydrogen-bond donors (Lipinski definition) is 1. The minimum absolute atomic E-state index is 0.127. The van der Waals surface area contributed by atoms with E-state index >= 15 is 0 Å². The fourth-order valence-electron chi connectivity index (χ4n) is 3.50. The molecule has 1 aliphatic heterocycles. The van der Waals surface area contributed by atoms with Crippen LogP contribution >= 0.6 is 11.8 Å². The Morgan fingerprint density at radius 3 is 2.65 bits per heavy atom. The van der Waals surface area contributed by atoms with Crippen molar-refractivity contribution in [3.63, 3.8) is 0 Å². The minimum Gasteiger partial charge on any atom is -0.492 e. The molecule has 1 aromatic carbocycles. The van der Waals surface area contributed by atoms with Crippen LogP contribution in [-0.4, -0.2) is 65.9 Å². The molecule has 0 atom stereocenters. The molecule has 2 heterocycles. The van der Waals surface area contributed by atoms with Gasteiger partial charge in [-0.3, -0.25) is 4.79 Å². The second kappa shape index (κ2) is 10.2. The molecule has 1 aliphatic carbocycles. The van der Waals surface area contributed by atoms with Gasteiger partial charge in [0.15, 0.2) is 5.16 Å². The Balaban J connectivity index is 1.49. The zero-order chi connectivity index (χ0) is 21.6. The lowest BCUT2D eigenvalue weighted by Crippen LogP contribution is -2.36. The number of rotatable bonds is 10. The van der Waals surface area contributed by atoms with Gasteiger partial charge in [0.1, 0.15) is 17.8 Å². The van der Waals surface area contributed by atoms with E-state index in [9.17, 15) is 4.79 Å². The summed E-state index contributed by atoms with van der Waals surface area (Å²) >= 11 is 1.39. The molecule has 0 unspecified atom stereocenters. The van der Waals surface area contributed by atoms with Gasteiger partial charge in [0, 0.05) is 31.3 Å².